The van der Waals surface area contributed by atoms with Gasteiger partial charge in [0.05, 0.1) is 19.1 Å². The van der Waals surface area contributed by atoms with Crippen LogP contribution in [0.25, 0.3) is 10.8 Å². The van der Waals surface area contributed by atoms with Gasteiger partial charge in [-0.25, -0.2) is 4.98 Å². The van der Waals surface area contributed by atoms with Gasteiger partial charge in [-0.3, -0.25) is 9.59 Å². The number of rotatable bonds is 10. The van der Waals surface area contributed by atoms with Gasteiger partial charge in [0.2, 0.25) is 5.91 Å². The maximum Gasteiger partial charge on any atom is 0.303 e. The van der Waals surface area contributed by atoms with Crippen molar-refractivity contribution in [3.8, 4) is 5.75 Å². The number of nitrogens with two attached hydrogens (primary N) is 1. The summed E-state index contributed by atoms with van der Waals surface area (Å²) >= 11 is 0. The van der Waals surface area contributed by atoms with Gasteiger partial charge in [0.1, 0.15) is 11.6 Å². The second-order valence-electron chi connectivity index (χ2n) is 13.2. The summed E-state index contributed by atoms with van der Waals surface area (Å²) in [5.41, 5.74) is 5.66. The van der Waals surface area contributed by atoms with Crippen LogP contribution in [0.4, 0.5) is 5.82 Å². The van der Waals surface area contributed by atoms with E-state index in [4.69, 9.17) is 10.5 Å². The van der Waals surface area contributed by atoms with E-state index in [0.717, 1.165) is 67.9 Å². The lowest BCUT2D eigenvalue weighted by Crippen LogP contribution is -2.59. The zero-order chi connectivity index (χ0) is 29.4. The molecule has 226 valence electrons. The molecule has 2 unspecified atom stereocenters. The molecule has 3 atom stereocenters. The number of amides is 1. The van der Waals surface area contributed by atoms with Gasteiger partial charge in [0, 0.05) is 36.6 Å². The molecule has 8 heteroatoms. The predicted molar refractivity (Wildman–Crippen MR) is 164 cm³/mol. The molecule has 4 rings (SSSR count). The lowest BCUT2D eigenvalue weighted by molar-refractivity contribution is -0.144. The van der Waals surface area contributed by atoms with Gasteiger partial charge in [-0.1, -0.05) is 52.9 Å². The largest absolute Gasteiger partial charge is 0.493 e. The van der Waals surface area contributed by atoms with E-state index in [0.29, 0.717) is 19.0 Å². The summed E-state index contributed by atoms with van der Waals surface area (Å²) in [4.78, 5) is 32.6. The molecule has 1 saturated heterocycles. The molecule has 1 amide bonds. The normalized spacial score (nSPS) is 20.7. The second-order valence-corrected chi connectivity index (χ2v) is 13.2. The topological polar surface area (TPSA) is 118 Å². The van der Waals surface area contributed by atoms with Gasteiger partial charge in [-0.15, -0.1) is 0 Å². The number of aromatic nitrogens is 1. The molecular weight excluding hydrogens is 516 g/mol. The van der Waals surface area contributed by atoms with Crippen LogP contribution in [0.3, 0.4) is 0 Å². The van der Waals surface area contributed by atoms with Crippen LogP contribution >= 0.6 is 0 Å². The number of likely N-dealkylation sites (tertiary alicyclic amines) is 1. The average Bonchev–Trinajstić information content (AvgIpc) is 2.91. The van der Waals surface area contributed by atoms with Gasteiger partial charge < -0.3 is 25.8 Å². The molecule has 1 saturated carbocycles. The molecule has 0 bridgehead atoms. The number of carbonyl (C=O) groups excluding carboxylic acids is 1. The fourth-order valence-electron chi connectivity index (χ4n) is 6.70. The highest BCUT2D eigenvalue weighted by molar-refractivity contribution is 5.91. The van der Waals surface area contributed by atoms with E-state index in [9.17, 15) is 14.7 Å². The first-order chi connectivity index (χ1) is 19.6. The quantitative estimate of drug-likeness (QED) is 0.314. The first-order valence-electron chi connectivity index (χ1n) is 15.7. The number of anilines is 1. The van der Waals surface area contributed by atoms with Gasteiger partial charge in [-0.05, 0) is 73.1 Å². The summed E-state index contributed by atoms with van der Waals surface area (Å²) in [6.45, 7) is 7.40. The van der Waals surface area contributed by atoms with Crippen molar-refractivity contribution in [2.24, 2.45) is 11.3 Å². The lowest BCUT2D eigenvalue weighted by Gasteiger charge is -2.43. The number of carbonyl (C=O) groups is 2. The minimum atomic E-state index is -0.848. The minimum absolute atomic E-state index is 0.0246. The van der Waals surface area contributed by atoms with E-state index in [1.54, 1.807) is 6.20 Å². The Morgan fingerprint density at radius 3 is 2.49 bits per heavy atom. The van der Waals surface area contributed by atoms with Crippen molar-refractivity contribution in [2.75, 3.05) is 18.9 Å². The Kier molecular flexibility index (Phi) is 10.9. The van der Waals surface area contributed by atoms with E-state index >= 15 is 0 Å². The molecule has 2 fully saturated rings. The number of nitrogens with zero attached hydrogens (tertiary/aromatic N) is 2. The van der Waals surface area contributed by atoms with E-state index in [1.165, 1.54) is 19.3 Å². The average molecular weight is 567 g/mol. The number of piperidine rings is 1. The minimum Gasteiger partial charge on any atom is -0.493 e. The lowest BCUT2D eigenvalue weighted by atomic mass is 9.73. The second kappa shape index (κ2) is 14.3. The molecule has 2 aromatic rings. The van der Waals surface area contributed by atoms with Crippen molar-refractivity contribution in [3.05, 3.63) is 30.5 Å². The monoisotopic (exact) mass is 566 g/mol. The highest BCUT2D eigenvalue weighted by atomic mass is 16.5. The fraction of sp³-hybridized carbons (Fsp3) is 0.667. The Morgan fingerprint density at radius 1 is 1.07 bits per heavy atom. The molecule has 2 aliphatic rings. The van der Waals surface area contributed by atoms with Crippen LogP contribution in [0.1, 0.15) is 97.8 Å². The number of benzene rings is 1. The highest BCUT2D eigenvalue weighted by Gasteiger charge is 2.42. The standard InChI is InChI=1S/C33H50N4O4/c1-33(2,3)28(22-29(38)39)30(36-24-11-7-5-4-6-8-12-24)32(40)37-19-10-9-13-25(37)17-20-41-26-14-15-27-23(21-26)16-18-35-31(27)34/h14-16,18,21,24-25,28,30,36H,4-13,17,19-20,22H2,1-3H3,(H2,34,35)(H,38,39)/t25?,28?,30-/m0/s1. The van der Waals surface area contributed by atoms with Crippen molar-refractivity contribution in [3.63, 3.8) is 0 Å². The van der Waals surface area contributed by atoms with Gasteiger partial charge in [0.15, 0.2) is 0 Å². The Hall–Kier alpha value is -2.87. The number of fused-ring (bicyclic) bond motifs is 1. The molecule has 1 aliphatic carbocycles. The zero-order valence-electron chi connectivity index (χ0n) is 25.2. The Bertz CT molecular complexity index is 1160. The van der Waals surface area contributed by atoms with Gasteiger partial charge >= 0.3 is 5.97 Å². The van der Waals surface area contributed by atoms with Crippen molar-refractivity contribution in [1.82, 2.24) is 15.2 Å². The number of carboxylic acid groups (broad SMARTS) is 1. The number of aliphatic carboxylic acids is 1. The van der Waals surface area contributed by atoms with Crippen molar-refractivity contribution >= 4 is 28.5 Å². The Labute approximate surface area is 245 Å². The van der Waals surface area contributed by atoms with Crippen LogP contribution in [0, 0.1) is 11.3 Å². The molecule has 1 aliphatic heterocycles. The Balaban J connectivity index is 1.49. The smallest absolute Gasteiger partial charge is 0.303 e. The zero-order valence-corrected chi connectivity index (χ0v) is 25.2. The third-order valence-corrected chi connectivity index (χ3v) is 9.09. The molecule has 8 nitrogen and oxygen atoms in total. The first kappa shape index (κ1) is 31.1. The molecular formula is C33H50N4O4. The van der Waals surface area contributed by atoms with Crippen LogP contribution in [0.5, 0.6) is 5.75 Å². The van der Waals surface area contributed by atoms with E-state index in [2.05, 4.69) is 31.1 Å². The summed E-state index contributed by atoms with van der Waals surface area (Å²) < 4.78 is 6.15. The number of hydrogen-bond donors (Lipinski definition) is 3. The SMILES string of the molecule is CC(C)(C)C(CC(=O)O)[C@H](NC1CCCCCCC1)C(=O)N1CCCCC1CCOc1ccc2c(N)nccc2c1. The van der Waals surface area contributed by atoms with Crippen LogP contribution in [0.2, 0.25) is 0 Å². The Morgan fingerprint density at radius 2 is 1.78 bits per heavy atom. The maximum absolute atomic E-state index is 14.4. The van der Waals surface area contributed by atoms with Crippen LogP contribution < -0.4 is 15.8 Å². The van der Waals surface area contributed by atoms with Crippen LogP contribution in [-0.2, 0) is 9.59 Å². The third-order valence-electron chi connectivity index (χ3n) is 9.09. The number of carboxylic acids is 1. The molecule has 2 heterocycles. The molecule has 0 radical (unpaired) electrons. The third kappa shape index (κ3) is 8.57. The number of ether oxygens (including phenoxy) is 1. The summed E-state index contributed by atoms with van der Waals surface area (Å²) in [5, 5.41) is 15.5. The summed E-state index contributed by atoms with van der Waals surface area (Å²) in [7, 11) is 0. The van der Waals surface area contributed by atoms with E-state index in [-0.39, 0.29) is 35.7 Å². The van der Waals surface area contributed by atoms with E-state index in [1.807, 2.05) is 29.2 Å². The predicted octanol–water partition coefficient (Wildman–Crippen LogP) is 6.18. The summed E-state index contributed by atoms with van der Waals surface area (Å²) in [5.74, 6) is 0.181. The molecule has 1 aromatic heterocycles. The molecule has 4 N–H and O–H groups in total. The number of nitrogens with one attached hydrogen (secondary N) is 1. The molecule has 0 spiro atoms. The molecule has 41 heavy (non-hydrogen) atoms. The van der Waals surface area contributed by atoms with Crippen molar-refractivity contribution in [1.29, 1.82) is 0 Å². The first-order valence-corrected chi connectivity index (χ1v) is 15.7. The fourth-order valence-corrected chi connectivity index (χ4v) is 6.70. The van der Waals surface area contributed by atoms with Gasteiger partial charge in [-0.2, -0.15) is 0 Å². The highest BCUT2D eigenvalue weighted by Crippen LogP contribution is 2.35. The van der Waals surface area contributed by atoms with Crippen LogP contribution in [-0.4, -0.2) is 58.1 Å². The van der Waals surface area contributed by atoms with Crippen molar-refractivity contribution < 1.29 is 19.4 Å². The van der Waals surface area contributed by atoms with Crippen molar-refractivity contribution in [2.45, 2.75) is 116 Å². The van der Waals surface area contributed by atoms with Gasteiger partial charge in [0.25, 0.3) is 0 Å². The van der Waals surface area contributed by atoms with E-state index < -0.39 is 12.0 Å². The number of hydrogen-bond acceptors (Lipinski definition) is 6. The maximum atomic E-state index is 14.4. The summed E-state index contributed by atoms with van der Waals surface area (Å²) in [6, 6.07) is 7.55. The number of nitrogen functional groups attached to an aromatic ring is 1. The number of pyridine rings is 1. The summed E-state index contributed by atoms with van der Waals surface area (Å²) in [6.07, 6.45) is 13.5. The van der Waals surface area contributed by atoms with Crippen LogP contribution in [0.15, 0.2) is 30.5 Å². The molecule has 1 aromatic carbocycles.